The van der Waals surface area contributed by atoms with Crippen LogP contribution < -0.4 is 5.32 Å². The third-order valence-electron chi connectivity index (χ3n) is 12.5. The molecule has 12 nitrogen and oxygen atoms in total. The van der Waals surface area contributed by atoms with Crippen molar-refractivity contribution in [3.8, 4) is 0 Å². The van der Waals surface area contributed by atoms with Crippen LogP contribution in [0, 0.1) is 34.5 Å². The molecule has 1 heterocycles. The van der Waals surface area contributed by atoms with Crippen molar-refractivity contribution < 1.29 is 52.9 Å². The molecule has 1 aliphatic heterocycles. The van der Waals surface area contributed by atoms with Crippen molar-refractivity contribution in [2.24, 2.45) is 34.5 Å². The molecule has 6 aliphatic rings. The van der Waals surface area contributed by atoms with E-state index in [-0.39, 0.29) is 43.9 Å². The van der Waals surface area contributed by atoms with Gasteiger partial charge in [-0.1, -0.05) is 18.6 Å². The molecule has 0 radical (unpaired) electrons. The van der Waals surface area contributed by atoms with Gasteiger partial charge in [-0.25, -0.2) is 14.0 Å². The Kier molecular flexibility index (Phi) is 8.47. The molecule has 6 rings (SSSR count). The number of amides is 3. The van der Waals surface area contributed by atoms with Crippen molar-refractivity contribution in [2.45, 2.75) is 102 Å². The van der Waals surface area contributed by atoms with Crippen LogP contribution in [0.4, 0.5) is 9.18 Å². The van der Waals surface area contributed by atoms with E-state index in [2.05, 4.69) is 5.32 Å². The molecule has 7 atom stereocenters. The largest absolute Gasteiger partial charge is 0.441 e. The number of allylic oxidation sites excluding steroid dienone is 4. The van der Waals surface area contributed by atoms with Crippen LogP contribution in [0.25, 0.3) is 0 Å². The molecule has 0 aromatic rings. The minimum atomic E-state index is -2.07. The quantitative estimate of drug-likeness (QED) is 0.345. The number of alkyl halides is 1. The zero-order valence-corrected chi connectivity index (χ0v) is 26.8. The van der Waals surface area contributed by atoms with Gasteiger partial charge in [0.2, 0.25) is 5.78 Å². The van der Waals surface area contributed by atoms with Gasteiger partial charge in [0.15, 0.2) is 18.1 Å². The van der Waals surface area contributed by atoms with Crippen molar-refractivity contribution in [1.82, 2.24) is 10.4 Å². The SMILES string of the molecule is C[C@]12C=CC(=O)C=C1CC[C@H]1[C@@H]3CC[C@](O)(C(=O)COC(=O)NCC4CCC(C(=O)ON5C(=O)CCC5=O)CC4)[C@@]3(C)C[C@H](O)[C@@]12F. The Labute approximate surface area is 272 Å². The fourth-order valence-corrected chi connectivity index (χ4v) is 9.63. The van der Waals surface area contributed by atoms with Gasteiger partial charge in [0.05, 0.1) is 12.0 Å². The van der Waals surface area contributed by atoms with E-state index in [0.717, 1.165) is 0 Å². The minimum Gasteiger partial charge on any atom is -0.441 e. The van der Waals surface area contributed by atoms with Gasteiger partial charge < -0.3 is 25.1 Å². The van der Waals surface area contributed by atoms with Gasteiger partial charge in [-0.05, 0) is 88.7 Å². The average Bonchev–Trinajstić information content (AvgIpc) is 3.50. The van der Waals surface area contributed by atoms with Crippen LogP contribution >= 0.6 is 0 Å². The van der Waals surface area contributed by atoms with Gasteiger partial charge >= 0.3 is 12.1 Å². The highest BCUT2D eigenvalue weighted by atomic mass is 19.1. The maximum Gasteiger partial charge on any atom is 0.407 e. The number of nitrogens with one attached hydrogen (secondary N) is 1. The molecule has 5 fully saturated rings. The first-order chi connectivity index (χ1) is 22.1. The Bertz CT molecular complexity index is 1440. The summed E-state index contributed by atoms with van der Waals surface area (Å²) in [4.78, 5) is 79.0. The number of Topliss-reactive ketones (excluding diaryl/α,β-unsaturated/α-hetero) is 1. The number of fused-ring (bicyclic) bond motifs is 5. The van der Waals surface area contributed by atoms with E-state index in [1.807, 2.05) is 0 Å². The van der Waals surface area contributed by atoms with Gasteiger partial charge in [0, 0.05) is 36.1 Å². The number of aliphatic hydroxyl groups excluding tert-OH is 1. The van der Waals surface area contributed by atoms with Crippen LogP contribution in [0.2, 0.25) is 0 Å². The lowest BCUT2D eigenvalue weighted by Crippen LogP contribution is -2.69. The second kappa shape index (κ2) is 11.9. The van der Waals surface area contributed by atoms with Crippen LogP contribution in [0.5, 0.6) is 0 Å². The van der Waals surface area contributed by atoms with Crippen molar-refractivity contribution >= 4 is 35.4 Å². The van der Waals surface area contributed by atoms with E-state index in [1.165, 1.54) is 12.2 Å². The number of carbonyl (C=O) groups is 6. The molecule has 1 saturated heterocycles. The number of carbonyl (C=O) groups excluding carboxylic acids is 6. The number of alkyl carbamates (subject to hydrolysis) is 1. The number of rotatable bonds is 7. The van der Waals surface area contributed by atoms with Gasteiger partial charge in [-0.15, -0.1) is 5.06 Å². The van der Waals surface area contributed by atoms with E-state index in [9.17, 15) is 39.0 Å². The molecule has 0 bridgehead atoms. The minimum absolute atomic E-state index is 0.0236. The fraction of sp³-hybridized carbons (Fsp3) is 0.706. The highest BCUT2D eigenvalue weighted by Crippen LogP contribution is 2.69. The highest BCUT2D eigenvalue weighted by molar-refractivity contribution is 6.02. The summed E-state index contributed by atoms with van der Waals surface area (Å²) in [6, 6.07) is 0. The third-order valence-corrected chi connectivity index (χ3v) is 12.5. The van der Waals surface area contributed by atoms with Gasteiger partial charge in [-0.3, -0.25) is 19.2 Å². The number of ether oxygens (including phenoxy) is 1. The molecule has 5 aliphatic carbocycles. The number of hydroxylamine groups is 2. The number of hydrogen-bond acceptors (Lipinski definition) is 10. The summed E-state index contributed by atoms with van der Waals surface area (Å²) < 4.78 is 22.4. The zero-order chi connectivity index (χ0) is 33.9. The van der Waals surface area contributed by atoms with Gasteiger partial charge in [-0.2, -0.15) is 0 Å². The third kappa shape index (κ3) is 5.24. The lowest BCUT2D eigenvalue weighted by Gasteiger charge is -2.62. The van der Waals surface area contributed by atoms with Crippen molar-refractivity contribution in [3.05, 3.63) is 23.8 Å². The summed E-state index contributed by atoms with van der Waals surface area (Å²) in [5, 5.41) is 26.4. The number of halogens is 1. The predicted octanol–water partition coefficient (Wildman–Crippen LogP) is 2.80. The molecule has 4 saturated carbocycles. The maximum atomic E-state index is 17.2. The Morgan fingerprint density at radius 3 is 2.36 bits per heavy atom. The van der Waals surface area contributed by atoms with E-state index >= 15 is 4.39 Å². The highest BCUT2D eigenvalue weighted by Gasteiger charge is 2.74. The lowest BCUT2D eigenvalue weighted by molar-refractivity contribution is -0.217. The fourth-order valence-electron chi connectivity index (χ4n) is 9.63. The van der Waals surface area contributed by atoms with Crippen molar-refractivity contribution in [2.75, 3.05) is 13.2 Å². The molecule has 0 aromatic carbocycles. The van der Waals surface area contributed by atoms with E-state index < -0.39 is 82.2 Å². The van der Waals surface area contributed by atoms with E-state index in [4.69, 9.17) is 9.57 Å². The first-order valence-corrected chi connectivity index (χ1v) is 16.7. The van der Waals surface area contributed by atoms with Crippen LogP contribution in [0.1, 0.15) is 84.5 Å². The van der Waals surface area contributed by atoms with Crippen molar-refractivity contribution in [1.29, 1.82) is 0 Å². The first-order valence-electron chi connectivity index (χ1n) is 16.7. The molecular weight excluding hydrogens is 615 g/mol. The lowest BCUT2D eigenvalue weighted by atomic mass is 9.44. The molecule has 3 N–H and O–H groups in total. The van der Waals surface area contributed by atoms with Crippen LogP contribution in [0.3, 0.4) is 0 Å². The predicted molar refractivity (Wildman–Crippen MR) is 160 cm³/mol. The second-order valence-corrected chi connectivity index (χ2v) is 14.8. The van der Waals surface area contributed by atoms with Crippen LogP contribution in [0.15, 0.2) is 23.8 Å². The standard InChI is InChI=1S/C34H43FN2O10/c1-31-13-11-22(38)15-21(31)7-8-24-23-12-14-33(45,32(23,2)16-25(39)34(24,31)35)26(40)18-46-30(44)36-17-19-3-5-20(6-4-19)29(43)47-37-27(41)9-10-28(37)42/h11,13,15,19-20,23-25,39,45H,3-10,12,14,16-18H2,1-2H3,(H,36,44)/t19?,20?,23-,24-,25-,31-,32-,33-,34-/m0/s1. The monoisotopic (exact) mass is 658 g/mol. The Morgan fingerprint density at radius 1 is 1.00 bits per heavy atom. The molecule has 47 heavy (non-hydrogen) atoms. The summed E-state index contributed by atoms with van der Waals surface area (Å²) in [6.07, 6.45) is 5.28. The Morgan fingerprint density at radius 2 is 1.68 bits per heavy atom. The molecule has 0 unspecified atom stereocenters. The van der Waals surface area contributed by atoms with E-state index in [1.54, 1.807) is 19.9 Å². The zero-order valence-electron chi connectivity index (χ0n) is 26.8. The smallest absolute Gasteiger partial charge is 0.407 e. The maximum absolute atomic E-state index is 17.2. The summed E-state index contributed by atoms with van der Waals surface area (Å²) in [6.45, 7) is 2.98. The molecule has 0 aromatic heterocycles. The number of ketones is 2. The summed E-state index contributed by atoms with van der Waals surface area (Å²) in [5.74, 6) is -4.08. The topological polar surface area (TPSA) is 177 Å². The van der Waals surface area contributed by atoms with Crippen LogP contribution in [-0.2, 0) is 33.5 Å². The summed E-state index contributed by atoms with van der Waals surface area (Å²) in [5.41, 5.74) is -5.67. The normalized spacial score (nSPS) is 41.0. The number of imide groups is 1. The molecule has 3 amide bonds. The van der Waals surface area contributed by atoms with Gasteiger partial charge in [0.1, 0.15) is 5.60 Å². The molecule has 256 valence electrons. The molecule has 13 heteroatoms. The number of aliphatic hydroxyl groups is 2. The Balaban J connectivity index is 1.00. The Hall–Kier alpha value is -3.45. The summed E-state index contributed by atoms with van der Waals surface area (Å²) >= 11 is 0. The van der Waals surface area contributed by atoms with Crippen LogP contribution in [-0.4, -0.2) is 81.2 Å². The molecular formula is C34H43FN2O10. The van der Waals surface area contributed by atoms with E-state index in [0.29, 0.717) is 55.6 Å². The molecule has 0 spiro atoms. The summed E-state index contributed by atoms with van der Waals surface area (Å²) in [7, 11) is 0. The van der Waals surface area contributed by atoms with Gasteiger partial charge in [0.25, 0.3) is 11.8 Å². The average molecular weight is 659 g/mol. The first kappa shape index (κ1) is 33.5. The van der Waals surface area contributed by atoms with Crippen molar-refractivity contribution in [3.63, 3.8) is 0 Å². The number of nitrogens with zero attached hydrogens (tertiary/aromatic N) is 1. The number of hydrogen-bond donors (Lipinski definition) is 3. The second-order valence-electron chi connectivity index (χ2n) is 14.8.